The Bertz CT molecular complexity index is 389. The normalized spacial score (nSPS) is 20.9. The number of hydrogen-bond acceptors (Lipinski definition) is 3. The van der Waals surface area contributed by atoms with E-state index in [2.05, 4.69) is 12.0 Å². The summed E-state index contributed by atoms with van der Waals surface area (Å²) in [5.74, 6) is -0.751. The average Bonchev–Trinajstić information content (AvgIpc) is 2.86. The second-order valence-corrected chi connectivity index (χ2v) is 4.50. The average molecular weight is 237 g/mol. The zero-order valence-corrected chi connectivity index (χ0v) is 10.2. The standard InChI is InChI=1S/C12H19N3O2/c1-2-7-15-11(5-6-13-15)10-4-3-8-14(10)9-12(16)17/h5-6,10H,2-4,7-9H2,1H3,(H,16,17)/t10-/m0/s1. The third-order valence-electron chi connectivity index (χ3n) is 3.23. The second-order valence-electron chi connectivity index (χ2n) is 4.50. The summed E-state index contributed by atoms with van der Waals surface area (Å²) >= 11 is 0. The van der Waals surface area contributed by atoms with Crippen molar-refractivity contribution in [3.8, 4) is 0 Å². The summed E-state index contributed by atoms with van der Waals surface area (Å²) in [5.41, 5.74) is 1.16. The van der Waals surface area contributed by atoms with Gasteiger partial charge in [0.15, 0.2) is 0 Å². The lowest BCUT2D eigenvalue weighted by atomic mass is 10.1. The maximum Gasteiger partial charge on any atom is 0.317 e. The molecule has 0 radical (unpaired) electrons. The molecule has 2 heterocycles. The van der Waals surface area contributed by atoms with Gasteiger partial charge in [-0.05, 0) is 31.9 Å². The molecule has 1 saturated heterocycles. The highest BCUT2D eigenvalue weighted by Gasteiger charge is 2.29. The SMILES string of the molecule is CCCn1nccc1[C@@H]1CCCN1CC(=O)O. The molecule has 94 valence electrons. The summed E-state index contributed by atoms with van der Waals surface area (Å²) in [4.78, 5) is 12.9. The molecule has 2 rings (SSSR count). The fourth-order valence-corrected chi connectivity index (χ4v) is 2.55. The molecule has 5 nitrogen and oxygen atoms in total. The van der Waals surface area contributed by atoms with Gasteiger partial charge in [0.05, 0.1) is 18.3 Å². The molecule has 1 aromatic heterocycles. The highest BCUT2D eigenvalue weighted by atomic mass is 16.4. The van der Waals surface area contributed by atoms with Crippen LogP contribution in [0.15, 0.2) is 12.3 Å². The molecule has 0 saturated carbocycles. The predicted molar refractivity (Wildman–Crippen MR) is 63.7 cm³/mol. The van der Waals surface area contributed by atoms with Crippen LogP contribution in [0.25, 0.3) is 0 Å². The summed E-state index contributed by atoms with van der Waals surface area (Å²) in [6.45, 7) is 4.02. The minimum absolute atomic E-state index is 0.127. The van der Waals surface area contributed by atoms with Gasteiger partial charge in [-0.15, -0.1) is 0 Å². The highest BCUT2D eigenvalue weighted by Crippen LogP contribution is 2.31. The van der Waals surface area contributed by atoms with Crippen molar-refractivity contribution < 1.29 is 9.90 Å². The van der Waals surface area contributed by atoms with E-state index in [1.807, 2.05) is 21.8 Å². The number of hydrogen-bond donors (Lipinski definition) is 1. The van der Waals surface area contributed by atoms with Crippen LogP contribution in [0.2, 0.25) is 0 Å². The van der Waals surface area contributed by atoms with E-state index in [1.165, 1.54) is 0 Å². The van der Waals surface area contributed by atoms with Crippen molar-refractivity contribution in [1.82, 2.24) is 14.7 Å². The van der Waals surface area contributed by atoms with Gasteiger partial charge < -0.3 is 5.11 Å². The van der Waals surface area contributed by atoms with E-state index < -0.39 is 5.97 Å². The third kappa shape index (κ3) is 2.66. The van der Waals surface area contributed by atoms with E-state index in [1.54, 1.807) is 0 Å². The van der Waals surface area contributed by atoms with Crippen molar-refractivity contribution in [1.29, 1.82) is 0 Å². The topological polar surface area (TPSA) is 58.4 Å². The lowest BCUT2D eigenvalue weighted by Gasteiger charge is -2.23. The molecule has 1 fully saturated rings. The van der Waals surface area contributed by atoms with Gasteiger partial charge in [-0.1, -0.05) is 6.92 Å². The number of aryl methyl sites for hydroxylation is 1. The first-order chi connectivity index (χ1) is 8.22. The molecule has 0 spiro atoms. The van der Waals surface area contributed by atoms with Crippen LogP contribution in [0.5, 0.6) is 0 Å². The van der Waals surface area contributed by atoms with Crippen LogP contribution in [0.3, 0.4) is 0 Å². The first-order valence-electron chi connectivity index (χ1n) is 6.20. The fraction of sp³-hybridized carbons (Fsp3) is 0.667. The summed E-state index contributed by atoms with van der Waals surface area (Å²) in [5, 5.41) is 13.2. The molecule has 5 heteroatoms. The van der Waals surface area contributed by atoms with E-state index in [0.29, 0.717) is 0 Å². The smallest absolute Gasteiger partial charge is 0.317 e. The molecule has 0 aromatic carbocycles. The zero-order valence-electron chi connectivity index (χ0n) is 10.2. The van der Waals surface area contributed by atoms with E-state index in [4.69, 9.17) is 5.11 Å². The van der Waals surface area contributed by atoms with Crippen LogP contribution in [0, 0.1) is 0 Å². The van der Waals surface area contributed by atoms with Crippen LogP contribution in [0.4, 0.5) is 0 Å². The molecule has 1 atom stereocenters. The molecular formula is C12H19N3O2. The number of carboxylic acids is 1. The number of carboxylic acid groups (broad SMARTS) is 1. The quantitative estimate of drug-likeness (QED) is 0.843. The number of nitrogens with zero attached hydrogens (tertiary/aromatic N) is 3. The Balaban J connectivity index is 2.14. The number of rotatable bonds is 5. The first kappa shape index (κ1) is 12.1. The molecule has 0 unspecified atom stereocenters. The van der Waals surface area contributed by atoms with Gasteiger partial charge >= 0.3 is 5.97 Å². The number of carbonyl (C=O) groups is 1. The lowest BCUT2D eigenvalue weighted by molar-refractivity contribution is -0.138. The molecule has 0 amide bonds. The Morgan fingerprint density at radius 1 is 1.65 bits per heavy atom. The first-order valence-corrected chi connectivity index (χ1v) is 6.20. The molecule has 1 N–H and O–H groups in total. The van der Waals surface area contributed by atoms with E-state index in [0.717, 1.165) is 38.0 Å². The van der Waals surface area contributed by atoms with Crippen molar-refractivity contribution in [2.45, 2.75) is 38.8 Å². The predicted octanol–water partition coefficient (Wildman–Crippen LogP) is 1.51. The van der Waals surface area contributed by atoms with E-state index in [9.17, 15) is 4.79 Å². The van der Waals surface area contributed by atoms with Gasteiger partial charge in [-0.3, -0.25) is 14.4 Å². The van der Waals surface area contributed by atoms with Crippen LogP contribution in [-0.4, -0.2) is 38.8 Å². The summed E-state index contributed by atoms with van der Waals surface area (Å²) in [6.07, 6.45) is 4.94. The second kappa shape index (κ2) is 5.31. The van der Waals surface area contributed by atoms with Crippen molar-refractivity contribution >= 4 is 5.97 Å². The van der Waals surface area contributed by atoms with Gasteiger partial charge in [-0.2, -0.15) is 5.10 Å². The van der Waals surface area contributed by atoms with Crippen molar-refractivity contribution in [3.63, 3.8) is 0 Å². The Hall–Kier alpha value is -1.36. The van der Waals surface area contributed by atoms with Gasteiger partial charge in [0, 0.05) is 12.7 Å². The van der Waals surface area contributed by atoms with Gasteiger partial charge in [0.1, 0.15) is 0 Å². The Morgan fingerprint density at radius 2 is 2.47 bits per heavy atom. The van der Waals surface area contributed by atoms with Gasteiger partial charge in [0.2, 0.25) is 0 Å². The van der Waals surface area contributed by atoms with Gasteiger partial charge in [-0.25, -0.2) is 0 Å². The molecule has 1 aromatic rings. The molecular weight excluding hydrogens is 218 g/mol. The van der Waals surface area contributed by atoms with E-state index in [-0.39, 0.29) is 12.6 Å². The molecule has 1 aliphatic heterocycles. The zero-order chi connectivity index (χ0) is 12.3. The number of aliphatic carboxylic acids is 1. The fourth-order valence-electron chi connectivity index (χ4n) is 2.55. The van der Waals surface area contributed by atoms with Crippen molar-refractivity contribution in [2.75, 3.05) is 13.1 Å². The van der Waals surface area contributed by atoms with Gasteiger partial charge in [0.25, 0.3) is 0 Å². The minimum atomic E-state index is -0.751. The summed E-state index contributed by atoms with van der Waals surface area (Å²) < 4.78 is 2.00. The molecule has 0 bridgehead atoms. The minimum Gasteiger partial charge on any atom is -0.480 e. The van der Waals surface area contributed by atoms with Crippen LogP contribution in [-0.2, 0) is 11.3 Å². The Kier molecular flexibility index (Phi) is 3.78. The van der Waals surface area contributed by atoms with Crippen LogP contribution < -0.4 is 0 Å². The maximum atomic E-state index is 10.8. The number of aromatic nitrogens is 2. The summed E-state index contributed by atoms with van der Waals surface area (Å²) in [7, 11) is 0. The largest absolute Gasteiger partial charge is 0.480 e. The van der Waals surface area contributed by atoms with Crippen LogP contribution in [0.1, 0.15) is 37.9 Å². The van der Waals surface area contributed by atoms with Crippen molar-refractivity contribution in [3.05, 3.63) is 18.0 Å². The molecule has 1 aliphatic rings. The lowest BCUT2D eigenvalue weighted by Crippen LogP contribution is -2.30. The van der Waals surface area contributed by atoms with Crippen LogP contribution >= 0.6 is 0 Å². The maximum absolute atomic E-state index is 10.8. The third-order valence-corrected chi connectivity index (χ3v) is 3.23. The summed E-state index contributed by atoms with van der Waals surface area (Å²) in [6, 6.07) is 2.24. The highest BCUT2D eigenvalue weighted by molar-refractivity contribution is 5.69. The Labute approximate surface area is 101 Å². The number of likely N-dealkylation sites (tertiary alicyclic amines) is 1. The molecule has 17 heavy (non-hydrogen) atoms. The van der Waals surface area contributed by atoms with Crippen molar-refractivity contribution in [2.24, 2.45) is 0 Å². The molecule has 0 aliphatic carbocycles. The monoisotopic (exact) mass is 237 g/mol. The van der Waals surface area contributed by atoms with E-state index >= 15 is 0 Å². The Morgan fingerprint density at radius 3 is 3.18 bits per heavy atom.